The second kappa shape index (κ2) is 8.84. The van der Waals surface area contributed by atoms with Crippen LogP contribution in [0.5, 0.6) is 0 Å². The van der Waals surface area contributed by atoms with Crippen molar-refractivity contribution < 1.29 is 4.79 Å². The Bertz CT molecular complexity index is 957. The van der Waals surface area contributed by atoms with Crippen LogP contribution >= 0.6 is 11.3 Å². The topological polar surface area (TPSA) is 54.3 Å². The highest BCUT2D eigenvalue weighted by molar-refractivity contribution is 7.22. The summed E-state index contributed by atoms with van der Waals surface area (Å²) >= 11 is 1.58. The van der Waals surface area contributed by atoms with Crippen LogP contribution in [0.2, 0.25) is 0 Å². The Balaban J connectivity index is 2.00. The Morgan fingerprint density at radius 2 is 1.86 bits per heavy atom. The fourth-order valence-electron chi connectivity index (χ4n) is 3.30. The van der Waals surface area contributed by atoms with Gasteiger partial charge in [0.2, 0.25) is 0 Å². The Hall–Kier alpha value is -2.25. The van der Waals surface area contributed by atoms with E-state index in [9.17, 15) is 4.79 Å². The van der Waals surface area contributed by atoms with Gasteiger partial charge in [0.05, 0.1) is 10.2 Å². The predicted molar refractivity (Wildman–Crippen MR) is 116 cm³/mol. The van der Waals surface area contributed by atoms with Gasteiger partial charge in [0, 0.05) is 25.8 Å². The third kappa shape index (κ3) is 3.95. The van der Waals surface area contributed by atoms with E-state index in [1.165, 1.54) is 11.1 Å². The molecule has 0 bridgehead atoms. The summed E-state index contributed by atoms with van der Waals surface area (Å²) in [5.74, 6) is -0.0417. The number of thiazole rings is 1. The van der Waals surface area contributed by atoms with Crippen molar-refractivity contribution in [1.29, 1.82) is 0 Å². The molecule has 6 nitrogen and oxygen atoms in total. The van der Waals surface area contributed by atoms with E-state index in [0.29, 0.717) is 18.8 Å². The first-order chi connectivity index (χ1) is 13.5. The van der Waals surface area contributed by atoms with Gasteiger partial charge >= 0.3 is 0 Å². The number of benzene rings is 1. The van der Waals surface area contributed by atoms with E-state index in [-0.39, 0.29) is 5.91 Å². The van der Waals surface area contributed by atoms with Gasteiger partial charge in [-0.2, -0.15) is 5.10 Å². The third-order valence-electron chi connectivity index (χ3n) is 5.32. The van der Waals surface area contributed by atoms with Crippen molar-refractivity contribution in [2.75, 3.05) is 31.1 Å². The molecular weight excluding hydrogens is 370 g/mol. The number of hydrogen-bond acceptors (Lipinski definition) is 5. The third-order valence-corrected chi connectivity index (χ3v) is 6.36. The summed E-state index contributed by atoms with van der Waals surface area (Å²) < 4.78 is 2.86. The number of aryl methyl sites for hydroxylation is 3. The summed E-state index contributed by atoms with van der Waals surface area (Å²) in [6.07, 6.45) is 1.69. The van der Waals surface area contributed by atoms with Crippen LogP contribution in [-0.4, -0.2) is 51.8 Å². The van der Waals surface area contributed by atoms with Gasteiger partial charge in [-0.05, 0) is 57.1 Å². The van der Waals surface area contributed by atoms with E-state index in [0.717, 1.165) is 35.0 Å². The molecule has 2 heterocycles. The van der Waals surface area contributed by atoms with Gasteiger partial charge in [0.25, 0.3) is 5.91 Å². The Morgan fingerprint density at radius 1 is 1.11 bits per heavy atom. The van der Waals surface area contributed by atoms with Crippen molar-refractivity contribution in [2.24, 2.45) is 0 Å². The second-order valence-electron chi connectivity index (χ2n) is 6.87. The molecule has 7 heteroatoms. The molecule has 0 aliphatic rings. The number of nitrogens with zero attached hydrogens (tertiary/aromatic N) is 5. The van der Waals surface area contributed by atoms with Crippen molar-refractivity contribution in [3.63, 3.8) is 0 Å². The van der Waals surface area contributed by atoms with Crippen LogP contribution in [0.25, 0.3) is 10.2 Å². The molecule has 0 saturated heterocycles. The Morgan fingerprint density at radius 3 is 2.54 bits per heavy atom. The van der Waals surface area contributed by atoms with Crippen LogP contribution < -0.4 is 4.90 Å². The highest BCUT2D eigenvalue weighted by atomic mass is 32.1. The fourth-order valence-corrected chi connectivity index (χ4v) is 4.35. The average molecular weight is 400 g/mol. The maximum atomic E-state index is 13.4. The lowest BCUT2D eigenvalue weighted by molar-refractivity contribution is 0.0973. The van der Waals surface area contributed by atoms with Crippen LogP contribution in [-0.2, 0) is 6.54 Å². The van der Waals surface area contributed by atoms with Gasteiger partial charge in [-0.1, -0.05) is 31.3 Å². The van der Waals surface area contributed by atoms with Crippen LogP contribution in [0.15, 0.2) is 24.4 Å². The number of hydrogen-bond donors (Lipinski definition) is 0. The Kier molecular flexibility index (Phi) is 6.46. The molecule has 3 rings (SSSR count). The molecule has 1 aromatic carbocycles. The average Bonchev–Trinajstić information content (AvgIpc) is 3.35. The van der Waals surface area contributed by atoms with Crippen LogP contribution in [0.4, 0.5) is 5.13 Å². The number of amides is 1. The zero-order valence-electron chi connectivity index (χ0n) is 17.4. The normalized spacial score (nSPS) is 11.5. The van der Waals surface area contributed by atoms with Gasteiger partial charge in [0.1, 0.15) is 5.69 Å². The highest BCUT2D eigenvalue weighted by Crippen LogP contribution is 2.32. The zero-order chi connectivity index (χ0) is 20.3. The van der Waals surface area contributed by atoms with Gasteiger partial charge in [-0.15, -0.1) is 0 Å². The zero-order valence-corrected chi connectivity index (χ0v) is 18.2. The lowest BCUT2D eigenvalue weighted by Crippen LogP contribution is -2.39. The highest BCUT2D eigenvalue weighted by Gasteiger charge is 2.24. The minimum Gasteiger partial charge on any atom is -0.302 e. The van der Waals surface area contributed by atoms with Gasteiger partial charge < -0.3 is 4.90 Å². The fraction of sp³-hybridized carbons (Fsp3) is 0.476. The van der Waals surface area contributed by atoms with Gasteiger partial charge in [-0.25, -0.2) is 4.98 Å². The minimum atomic E-state index is -0.0417. The molecular formula is C21H29N5OS. The summed E-state index contributed by atoms with van der Waals surface area (Å²) in [4.78, 5) is 22.4. The van der Waals surface area contributed by atoms with Crippen molar-refractivity contribution in [3.05, 3.63) is 41.2 Å². The summed E-state index contributed by atoms with van der Waals surface area (Å²) in [6, 6.07) is 6.01. The quantitative estimate of drug-likeness (QED) is 0.572. The van der Waals surface area contributed by atoms with Crippen LogP contribution in [0.3, 0.4) is 0 Å². The van der Waals surface area contributed by atoms with E-state index in [4.69, 9.17) is 4.98 Å². The first-order valence-corrected chi connectivity index (χ1v) is 10.7. The molecule has 0 aliphatic heterocycles. The molecule has 28 heavy (non-hydrogen) atoms. The lowest BCUT2D eigenvalue weighted by Gasteiger charge is -2.24. The number of fused-ring (bicyclic) bond motifs is 1. The molecule has 1 amide bonds. The first kappa shape index (κ1) is 20.5. The van der Waals surface area contributed by atoms with Gasteiger partial charge in [-0.3, -0.25) is 14.4 Å². The number of likely N-dealkylation sites (N-methyl/N-ethyl adjacent to an activating group) is 1. The Labute approximate surface area is 170 Å². The van der Waals surface area contributed by atoms with Crippen molar-refractivity contribution in [2.45, 2.75) is 41.2 Å². The van der Waals surface area contributed by atoms with E-state index < -0.39 is 0 Å². The molecule has 0 N–H and O–H groups in total. The lowest BCUT2D eigenvalue weighted by atomic mass is 10.1. The monoisotopic (exact) mass is 399 g/mol. The maximum absolute atomic E-state index is 13.4. The molecule has 3 aromatic rings. The SMILES string of the molecule is CCN(CC)CCN(C(=O)c1ccnn1CC)c1nc2c(C)c(C)ccc2s1. The summed E-state index contributed by atoms with van der Waals surface area (Å²) in [5.41, 5.74) is 3.99. The van der Waals surface area contributed by atoms with E-state index in [2.05, 4.69) is 49.8 Å². The summed E-state index contributed by atoms with van der Waals surface area (Å²) in [7, 11) is 0. The molecule has 0 unspecified atom stereocenters. The molecule has 0 aliphatic carbocycles. The predicted octanol–water partition coefficient (Wildman–Crippen LogP) is 4.12. The second-order valence-corrected chi connectivity index (χ2v) is 7.88. The van der Waals surface area contributed by atoms with Crippen molar-refractivity contribution in [1.82, 2.24) is 19.7 Å². The number of carbonyl (C=O) groups is 1. The number of anilines is 1. The smallest absolute Gasteiger partial charge is 0.278 e. The largest absolute Gasteiger partial charge is 0.302 e. The van der Waals surface area contributed by atoms with E-state index >= 15 is 0 Å². The van der Waals surface area contributed by atoms with Crippen LogP contribution in [0, 0.1) is 13.8 Å². The molecule has 2 aromatic heterocycles. The van der Waals surface area contributed by atoms with E-state index in [1.807, 2.05) is 11.8 Å². The summed E-state index contributed by atoms with van der Waals surface area (Å²) in [5, 5.41) is 5.02. The molecule has 0 atom stereocenters. The minimum absolute atomic E-state index is 0.0417. The first-order valence-electron chi connectivity index (χ1n) is 9.92. The molecule has 0 saturated carbocycles. The molecule has 0 fully saturated rings. The molecule has 150 valence electrons. The molecule has 0 spiro atoms. The number of carbonyl (C=O) groups excluding carboxylic acids is 1. The van der Waals surface area contributed by atoms with Crippen molar-refractivity contribution in [3.8, 4) is 0 Å². The standard InChI is InChI=1S/C21H29N5OS/c1-6-24(7-2)13-14-25(20(27)17-11-12-22-26(17)8-3)21-23-19-16(5)15(4)9-10-18(19)28-21/h9-12H,6-8,13-14H2,1-5H3. The maximum Gasteiger partial charge on any atom is 0.278 e. The summed E-state index contributed by atoms with van der Waals surface area (Å²) in [6.45, 7) is 14.5. The van der Waals surface area contributed by atoms with E-state index in [1.54, 1.807) is 28.3 Å². The van der Waals surface area contributed by atoms with Crippen LogP contribution in [0.1, 0.15) is 42.4 Å². The molecule has 0 radical (unpaired) electrons. The number of aromatic nitrogens is 3. The van der Waals surface area contributed by atoms with Crippen molar-refractivity contribution >= 4 is 32.6 Å². The number of rotatable bonds is 8. The van der Waals surface area contributed by atoms with Gasteiger partial charge in [0.15, 0.2) is 5.13 Å².